The molecule has 3 aromatic carbocycles. The van der Waals surface area contributed by atoms with Crippen LogP contribution < -0.4 is 9.47 Å². The molecular formula is C27H28ClNO4. The van der Waals surface area contributed by atoms with Gasteiger partial charge in [0.1, 0.15) is 24.1 Å². The Morgan fingerprint density at radius 2 is 1.79 bits per heavy atom. The summed E-state index contributed by atoms with van der Waals surface area (Å²) in [7, 11) is 1.62. The van der Waals surface area contributed by atoms with Crippen LogP contribution in [0.3, 0.4) is 0 Å². The Morgan fingerprint density at radius 3 is 2.55 bits per heavy atom. The van der Waals surface area contributed by atoms with E-state index in [1.807, 2.05) is 71.6 Å². The second-order valence-corrected chi connectivity index (χ2v) is 8.62. The van der Waals surface area contributed by atoms with Crippen LogP contribution in [0.1, 0.15) is 42.0 Å². The number of methoxy groups -OCH3 is 1. The topological polar surface area (TPSA) is 59.0 Å². The number of piperidine rings is 1. The molecule has 3 aromatic rings. The Morgan fingerprint density at radius 1 is 1.03 bits per heavy atom. The van der Waals surface area contributed by atoms with Gasteiger partial charge < -0.3 is 14.6 Å². The number of carboxylic acids is 1. The van der Waals surface area contributed by atoms with E-state index in [9.17, 15) is 9.90 Å². The van der Waals surface area contributed by atoms with Crippen molar-refractivity contribution >= 4 is 17.6 Å². The molecule has 2 unspecified atom stereocenters. The maximum absolute atomic E-state index is 12.2. The number of rotatable bonds is 8. The van der Waals surface area contributed by atoms with Crippen molar-refractivity contribution in [2.45, 2.75) is 38.0 Å². The van der Waals surface area contributed by atoms with E-state index in [-0.39, 0.29) is 6.04 Å². The van der Waals surface area contributed by atoms with Crippen LogP contribution >= 0.6 is 11.6 Å². The molecular weight excluding hydrogens is 438 g/mol. The Kier molecular flexibility index (Phi) is 7.53. The van der Waals surface area contributed by atoms with Gasteiger partial charge in [-0.15, -0.1) is 0 Å². The zero-order chi connectivity index (χ0) is 23.2. The Balaban J connectivity index is 1.80. The van der Waals surface area contributed by atoms with Crippen LogP contribution in [0.5, 0.6) is 11.5 Å². The third-order valence-electron chi connectivity index (χ3n) is 6.10. The van der Waals surface area contributed by atoms with Crippen LogP contribution in [0.25, 0.3) is 0 Å². The SMILES string of the molecule is COc1ccc(Cl)cc1C(c1ccccc1OCc1ccccc1)N1CCCCC1C(=O)O. The van der Waals surface area contributed by atoms with E-state index in [1.165, 1.54) is 0 Å². The molecule has 0 bridgehead atoms. The van der Waals surface area contributed by atoms with Gasteiger partial charge in [0.25, 0.3) is 0 Å². The number of hydrogen-bond acceptors (Lipinski definition) is 4. The third kappa shape index (κ3) is 5.32. The normalized spacial score (nSPS) is 17.3. The van der Waals surface area contributed by atoms with Gasteiger partial charge in [-0.3, -0.25) is 9.69 Å². The lowest BCUT2D eigenvalue weighted by Gasteiger charge is -2.40. The van der Waals surface area contributed by atoms with Crippen molar-refractivity contribution in [1.29, 1.82) is 0 Å². The van der Waals surface area contributed by atoms with Gasteiger partial charge in [-0.2, -0.15) is 0 Å². The molecule has 5 nitrogen and oxygen atoms in total. The molecule has 172 valence electrons. The first-order chi connectivity index (χ1) is 16.1. The third-order valence-corrected chi connectivity index (χ3v) is 6.33. The molecule has 0 aromatic heterocycles. The molecule has 6 heteroatoms. The van der Waals surface area contributed by atoms with E-state index >= 15 is 0 Å². The molecule has 1 fully saturated rings. The standard InChI is InChI=1S/C27H28ClNO4/c1-32-24-15-14-20(28)17-22(24)26(29-16-8-7-12-23(29)27(30)31)21-11-5-6-13-25(21)33-18-19-9-3-2-4-10-19/h2-6,9-11,13-15,17,23,26H,7-8,12,16,18H2,1H3,(H,30,31). The molecule has 1 saturated heterocycles. The fourth-order valence-electron chi connectivity index (χ4n) is 4.55. The van der Waals surface area contributed by atoms with E-state index in [0.717, 1.165) is 29.5 Å². The largest absolute Gasteiger partial charge is 0.496 e. The number of para-hydroxylation sites is 1. The smallest absolute Gasteiger partial charge is 0.320 e. The number of benzene rings is 3. The predicted octanol–water partition coefficient (Wildman–Crippen LogP) is 5.96. The van der Waals surface area contributed by atoms with Gasteiger partial charge in [0.05, 0.1) is 13.2 Å². The Bertz CT molecular complexity index is 1090. The van der Waals surface area contributed by atoms with Gasteiger partial charge in [-0.1, -0.05) is 66.6 Å². The average molecular weight is 466 g/mol. The molecule has 0 saturated carbocycles. The summed E-state index contributed by atoms with van der Waals surface area (Å²) in [5.41, 5.74) is 2.78. The highest BCUT2D eigenvalue weighted by Crippen LogP contribution is 2.42. The number of ether oxygens (including phenoxy) is 2. The Labute approximate surface area is 199 Å². The molecule has 1 aliphatic rings. The van der Waals surface area contributed by atoms with Crippen LogP contribution in [-0.4, -0.2) is 35.7 Å². The first-order valence-corrected chi connectivity index (χ1v) is 11.5. The number of hydrogen-bond donors (Lipinski definition) is 1. The molecule has 0 radical (unpaired) electrons. The lowest BCUT2D eigenvalue weighted by Crippen LogP contribution is -2.47. The number of halogens is 1. The second-order valence-electron chi connectivity index (χ2n) is 8.19. The van der Waals surface area contributed by atoms with Crippen molar-refractivity contribution in [1.82, 2.24) is 4.90 Å². The first-order valence-electron chi connectivity index (χ1n) is 11.2. The van der Waals surface area contributed by atoms with Crippen molar-refractivity contribution in [3.05, 3.63) is 94.5 Å². The van der Waals surface area contributed by atoms with E-state index in [0.29, 0.717) is 36.1 Å². The summed E-state index contributed by atoms with van der Waals surface area (Å²) in [4.78, 5) is 14.3. The second kappa shape index (κ2) is 10.7. The minimum absolute atomic E-state index is 0.382. The summed E-state index contributed by atoms with van der Waals surface area (Å²) in [6.45, 7) is 1.07. The molecule has 33 heavy (non-hydrogen) atoms. The molecule has 1 N–H and O–H groups in total. The number of likely N-dealkylation sites (tertiary alicyclic amines) is 1. The van der Waals surface area contributed by atoms with Crippen LogP contribution in [0.15, 0.2) is 72.8 Å². The lowest BCUT2D eigenvalue weighted by molar-refractivity contribution is -0.145. The maximum atomic E-state index is 12.2. The highest BCUT2D eigenvalue weighted by atomic mass is 35.5. The summed E-state index contributed by atoms with van der Waals surface area (Å²) in [5, 5.41) is 10.6. The van der Waals surface area contributed by atoms with Crippen LogP contribution in [0, 0.1) is 0 Å². The van der Waals surface area contributed by atoms with E-state index < -0.39 is 12.0 Å². The van der Waals surface area contributed by atoms with Gasteiger partial charge in [0.2, 0.25) is 0 Å². The van der Waals surface area contributed by atoms with Gasteiger partial charge in [0, 0.05) is 16.1 Å². The Hall–Kier alpha value is -3.02. The zero-order valence-corrected chi connectivity index (χ0v) is 19.4. The number of aliphatic carboxylic acids is 1. The molecule has 1 heterocycles. The van der Waals surface area contributed by atoms with Crippen molar-refractivity contribution < 1.29 is 19.4 Å². The number of carboxylic acid groups (broad SMARTS) is 1. The zero-order valence-electron chi connectivity index (χ0n) is 18.6. The van der Waals surface area contributed by atoms with Crippen LogP contribution in [0.2, 0.25) is 5.02 Å². The summed E-state index contributed by atoms with van der Waals surface area (Å²) in [6, 6.07) is 22.3. The minimum atomic E-state index is -0.816. The van der Waals surface area contributed by atoms with E-state index in [2.05, 4.69) is 0 Å². The highest BCUT2D eigenvalue weighted by Gasteiger charge is 2.37. The molecule has 1 aliphatic heterocycles. The van der Waals surface area contributed by atoms with Crippen LogP contribution in [0.4, 0.5) is 0 Å². The minimum Gasteiger partial charge on any atom is -0.496 e. The van der Waals surface area contributed by atoms with Gasteiger partial charge in [0.15, 0.2) is 0 Å². The maximum Gasteiger partial charge on any atom is 0.320 e. The highest BCUT2D eigenvalue weighted by molar-refractivity contribution is 6.30. The van der Waals surface area contributed by atoms with Crippen molar-refractivity contribution in [3.63, 3.8) is 0 Å². The first kappa shape index (κ1) is 23.1. The fraction of sp³-hybridized carbons (Fsp3) is 0.296. The van der Waals surface area contributed by atoms with Crippen molar-refractivity contribution in [2.24, 2.45) is 0 Å². The van der Waals surface area contributed by atoms with Gasteiger partial charge in [-0.25, -0.2) is 0 Å². The molecule has 2 atom stereocenters. The average Bonchev–Trinajstić information content (AvgIpc) is 2.85. The van der Waals surface area contributed by atoms with Crippen molar-refractivity contribution in [3.8, 4) is 11.5 Å². The summed E-state index contributed by atoms with van der Waals surface area (Å²) in [6.07, 6.45) is 2.41. The molecule has 4 rings (SSSR count). The van der Waals surface area contributed by atoms with Crippen molar-refractivity contribution in [2.75, 3.05) is 13.7 Å². The molecule has 0 spiro atoms. The monoisotopic (exact) mass is 465 g/mol. The predicted molar refractivity (Wildman–Crippen MR) is 129 cm³/mol. The van der Waals surface area contributed by atoms with E-state index in [4.69, 9.17) is 21.1 Å². The molecule has 0 amide bonds. The quantitative estimate of drug-likeness (QED) is 0.445. The molecule has 0 aliphatic carbocycles. The van der Waals surface area contributed by atoms with E-state index in [1.54, 1.807) is 13.2 Å². The summed E-state index contributed by atoms with van der Waals surface area (Å²) < 4.78 is 12.0. The number of nitrogens with zero attached hydrogens (tertiary/aromatic N) is 1. The number of carbonyl (C=O) groups is 1. The fourth-order valence-corrected chi connectivity index (χ4v) is 4.73. The van der Waals surface area contributed by atoms with Crippen LogP contribution in [-0.2, 0) is 11.4 Å². The summed E-state index contributed by atoms with van der Waals surface area (Å²) in [5.74, 6) is 0.559. The van der Waals surface area contributed by atoms with Gasteiger partial charge >= 0.3 is 5.97 Å². The summed E-state index contributed by atoms with van der Waals surface area (Å²) >= 11 is 6.40. The van der Waals surface area contributed by atoms with Gasteiger partial charge in [-0.05, 0) is 49.2 Å². The lowest BCUT2D eigenvalue weighted by atomic mass is 9.90.